The second kappa shape index (κ2) is 8.94. The fourth-order valence-corrected chi connectivity index (χ4v) is 7.49. The molecule has 0 spiro atoms. The molecule has 2 aromatic carbocycles. The molecule has 0 saturated carbocycles. The number of aryl methyl sites for hydroxylation is 1. The third kappa shape index (κ3) is 3.81. The molecule has 4 heterocycles. The highest BCUT2D eigenvalue weighted by Crippen LogP contribution is 2.43. The highest BCUT2D eigenvalue weighted by Gasteiger charge is 2.38. The van der Waals surface area contributed by atoms with Crippen molar-refractivity contribution in [3.05, 3.63) is 120 Å². The lowest BCUT2D eigenvalue weighted by Crippen LogP contribution is -2.24. The Morgan fingerprint density at radius 1 is 0.974 bits per heavy atom. The van der Waals surface area contributed by atoms with Crippen LogP contribution in [-0.2, 0) is 22.0 Å². The van der Waals surface area contributed by atoms with Crippen LogP contribution < -0.4 is 0 Å². The molecule has 0 fully saturated rings. The van der Waals surface area contributed by atoms with Gasteiger partial charge in [-0.05, 0) is 60.4 Å². The topological polar surface area (TPSA) is 98.0 Å². The Labute approximate surface area is 229 Å². The number of aromatic nitrogens is 4. The van der Waals surface area contributed by atoms with Crippen molar-refractivity contribution in [3.63, 3.8) is 0 Å². The number of hydrogen-bond donors (Lipinski definition) is 1. The predicted molar refractivity (Wildman–Crippen MR) is 151 cm³/mol. The van der Waals surface area contributed by atoms with E-state index < -0.39 is 15.6 Å². The zero-order chi connectivity index (χ0) is 26.6. The summed E-state index contributed by atoms with van der Waals surface area (Å²) in [5, 5.41) is 15.0. The van der Waals surface area contributed by atoms with Crippen LogP contribution in [0.3, 0.4) is 0 Å². The standard InChI is InChI=1S/C30H22N4O3S2/c35-30(13-11-20-12-15-31-17-26(20)30)22-7-4-6-21(16-22)29-33-27(19-38-29)25-18-34(28-24(25)10-5-14-32-28)39(36,37)23-8-2-1-3-9-23/h1-10,12,14-19,35H,11,13H2. The molecule has 1 unspecified atom stereocenters. The molecule has 0 radical (unpaired) electrons. The Balaban J connectivity index is 1.30. The molecule has 1 atom stereocenters. The van der Waals surface area contributed by atoms with E-state index in [1.165, 1.54) is 15.3 Å². The zero-order valence-electron chi connectivity index (χ0n) is 20.6. The largest absolute Gasteiger partial charge is 0.380 e. The van der Waals surface area contributed by atoms with E-state index in [4.69, 9.17) is 4.98 Å². The smallest absolute Gasteiger partial charge is 0.269 e. The molecule has 0 aliphatic heterocycles. The summed E-state index contributed by atoms with van der Waals surface area (Å²) in [6.07, 6.45) is 8.09. The number of fused-ring (bicyclic) bond motifs is 2. The Hall–Kier alpha value is -4.18. The molecular weight excluding hydrogens is 528 g/mol. The summed E-state index contributed by atoms with van der Waals surface area (Å²) in [4.78, 5) is 13.7. The van der Waals surface area contributed by atoms with E-state index in [0.29, 0.717) is 28.7 Å². The Kier molecular flexibility index (Phi) is 5.48. The lowest BCUT2D eigenvalue weighted by molar-refractivity contribution is 0.0827. The van der Waals surface area contributed by atoms with Crippen molar-refractivity contribution in [2.24, 2.45) is 0 Å². The highest BCUT2D eigenvalue weighted by atomic mass is 32.2. The normalized spacial score (nSPS) is 16.9. The first kappa shape index (κ1) is 23.9. The summed E-state index contributed by atoms with van der Waals surface area (Å²) in [5.74, 6) is 0. The number of benzene rings is 2. The first-order valence-corrected chi connectivity index (χ1v) is 14.8. The van der Waals surface area contributed by atoms with E-state index in [-0.39, 0.29) is 4.90 Å². The second-order valence-electron chi connectivity index (χ2n) is 9.54. The third-order valence-electron chi connectivity index (χ3n) is 7.31. The quantitative estimate of drug-likeness (QED) is 0.298. The molecule has 1 aliphatic rings. The molecular formula is C30H22N4O3S2. The van der Waals surface area contributed by atoms with Gasteiger partial charge in [0.05, 0.1) is 10.6 Å². The lowest BCUT2D eigenvalue weighted by Gasteiger charge is -2.24. The van der Waals surface area contributed by atoms with Crippen LogP contribution in [0.1, 0.15) is 23.1 Å². The molecule has 6 aromatic rings. The van der Waals surface area contributed by atoms with Gasteiger partial charge in [-0.15, -0.1) is 11.3 Å². The number of pyridine rings is 2. The van der Waals surface area contributed by atoms with Crippen molar-refractivity contribution in [2.75, 3.05) is 0 Å². The Morgan fingerprint density at radius 3 is 2.72 bits per heavy atom. The van der Waals surface area contributed by atoms with Crippen molar-refractivity contribution in [1.29, 1.82) is 0 Å². The first-order valence-electron chi connectivity index (χ1n) is 12.4. The van der Waals surface area contributed by atoms with Gasteiger partial charge in [0, 0.05) is 52.2 Å². The number of rotatable bonds is 5. The van der Waals surface area contributed by atoms with Crippen LogP contribution in [0.25, 0.3) is 32.9 Å². The SMILES string of the molecule is O=S(=O)(c1ccccc1)n1cc(-c2csc(-c3cccc(C4(O)CCc5ccncc54)c3)n2)c2cccnc21. The van der Waals surface area contributed by atoms with E-state index in [9.17, 15) is 13.5 Å². The van der Waals surface area contributed by atoms with Gasteiger partial charge in [-0.2, -0.15) is 0 Å². The maximum Gasteiger partial charge on any atom is 0.269 e. The van der Waals surface area contributed by atoms with Crippen LogP contribution in [0.5, 0.6) is 0 Å². The van der Waals surface area contributed by atoms with E-state index in [1.54, 1.807) is 61.2 Å². The van der Waals surface area contributed by atoms with Gasteiger partial charge in [0.15, 0.2) is 5.65 Å². The molecule has 0 amide bonds. The van der Waals surface area contributed by atoms with E-state index in [2.05, 4.69) is 9.97 Å². The Bertz CT molecular complexity index is 1970. The molecule has 9 heteroatoms. The lowest BCUT2D eigenvalue weighted by atomic mass is 9.88. The summed E-state index contributed by atoms with van der Waals surface area (Å²) >= 11 is 1.47. The van der Waals surface area contributed by atoms with Crippen LogP contribution in [-0.4, -0.2) is 32.4 Å². The first-order chi connectivity index (χ1) is 18.9. The van der Waals surface area contributed by atoms with E-state index >= 15 is 0 Å². The maximum absolute atomic E-state index is 13.5. The van der Waals surface area contributed by atoms with E-state index in [1.807, 2.05) is 41.8 Å². The summed E-state index contributed by atoms with van der Waals surface area (Å²) in [5.41, 5.74) is 4.26. The van der Waals surface area contributed by atoms with Crippen molar-refractivity contribution in [2.45, 2.75) is 23.3 Å². The van der Waals surface area contributed by atoms with Crippen LogP contribution in [0.2, 0.25) is 0 Å². The Morgan fingerprint density at radius 2 is 1.85 bits per heavy atom. The van der Waals surface area contributed by atoms with Crippen LogP contribution in [0.15, 0.2) is 108 Å². The monoisotopic (exact) mass is 550 g/mol. The summed E-state index contributed by atoms with van der Waals surface area (Å²) in [6, 6.07) is 21.8. The van der Waals surface area contributed by atoms with Crippen molar-refractivity contribution < 1.29 is 13.5 Å². The number of nitrogens with zero attached hydrogens (tertiary/aromatic N) is 4. The van der Waals surface area contributed by atoms with Crippen molar-refractivity contribution in [3.8, 4) is 21.8 Å². The van der Waals surface area contributed by atoms with Gasteiger partial charge in [-0.3, -0.25) is 4.98 Å². The highest BCUT2D eigenvalue weighted by molar-refractivity contribution is 7.90. The molecule has 4 aromatic heterocycles. The molecule has 192 valence electrons. The fourth-order valence-electron chi connectivity index (χ4n) is 5.33. The van der Waals surface area contributed by atoms with E-state index in [0.717, 1.165) is 33.7 Å². The minimum atomic E-state index is -3.85. The maximum atomic E-state index is 13.5. The minimum absolute atomic E-state index is 0.191. The van der Waals surface area contributed by atoms with Gasteiger partial charge in [0.25, 0.3) is 10.0 Å². The van der Waals surface area contributed by atoms with Gasteiger partial charge in [-0.1, -0.05) is 36.4 Å². The number of aliphatic hydroxyl groups is 1. The number of thiazole rings is 1. The van der Waals surface area contributed by atoms with Crippen LogP contribution in [0, 0.1) is 0 Å². The third-order valence-corrected chi connectivity index (χ3v) is 9.87. The second-order valence-corrected chi connectivity index (χ2v) is 12.2. The van der Waals surface area contributed by atoms with Gasteiger partial charge in [0.2, 0.25) is 0 Å². The molecule has 1 N–H and O–H groups in total. The average Bonchev–Trinajstić information content (AvgIpc) is 3.70. The van der Waals surface area contributed by atoms with Gasteiger partial charge in [0.1, 0.15) is 10.6 Å². The van der Waals surface area contributed by atoms with Gasteiger partial charge < -0.3 is 5.11 Å². The number of hydrogen-bond acceptors (Lipinski definition) is 7. The fraction of sp³-hybridized carbons (Fsp3) is 0.100. The van der Waals surface area contributed by atoms with Gasteiger partial charge >= 0.3 is 0 Å². The predicted octanol–water partition coefficient (Wildman–Crippen LogP) is 5.64. The molecule has 0 bridgehead atoms. The minimum Gasteiger partial charge on any atom is -0.380 e. The van der Waals surface area contributed by atoms with Crippen LogP contribution in [0.4, 0.5) is 0 Å². The molecule has 0 saturated heterocycles. The molecule has 7 rings (SSSR count). The van der Waals surface area contributed by atoms with Crippen LogP contribution >= 0.6 is 11.3 Å². The summed E-state index contributed by atoms with van der Waals surface area (Å²) in [6.45, 7) is 0. The molecule has 39 heavy (non-hydrogen) atoms. The van der Waals surface area contributed by atoms with Gasteiger partial charge in [-0.25, -0.2) is 22.4 Å². The van der Waals surface area contributed by atoms with Crippen molar-refractivity contribution in [1.82, 2.24) is 18.9 Å². The zero-order valence-corrected chi connectivity index (χ0v) is 22.2. The average molecular weight is 551 g/mol. The summed E-state index contributed by atoms with van der Waals surface area (Å²) in [7, 11) is -3.85. The van der Waals surface area contributed by atoms with Crippen molar-refractivity contribution >= 4 is 32.4 Å². The molecule has 7 nitrogen and oxygen atoms in total. The summed E-state index contributed by atoms with van der Waals surface area (Å²) < 4.78 is 28.2. The molecule has 1 aliphatic carbocycles.